The summed E-state index contributed by atoms with van der Waals surface area (Å²) in [7, 11) is 3.72. The largest absolute Gasteiger partial charge is 0.273 e. The lowest BCUT2D eigenvalue weighted by Crippen LogP contribution is -2.31. The molecular formula is C10H15ClN6. The molecule has 7 heteroatoms. The zero-order chi connectivity index (χ0) is 12.6. The van der Waals surface area contributed by atoms with Crippen molar-refractivity contribution in [1.82, 2.24) is 25.0 Å². The standard InChI is InChI=1S/C10H15ClN6/c1-6-7(4-13-16(6)2)9(15-12)10-8(11)5-14-17(10)3/h4-5,9,15H,12H2,1-3H3. The molecule has 1 unspecified atom stereocenters. The zero-order valence-electron chi connectivity index (χ0n) is 9.98. The Morgan fingerprint density at radius 1 is 1.29 bits per heavy atom. The van der Waals surface area contributed by atoms with Crippen LogP contribution >= 0.6 is 11.6 Å². The quantitative estimate of drug-likeness (QED) is 0.624. The van der Waals surface area contributed by atoms with Crippen LogP contribution < -0.4 is 11.3 Å². The van der Waals surface area contributed by atoms with Crippen LogP contribution in [0.15, 0.2) is 12.4 Å². The molecule has 0 radical (unpaired) electrons. The first-order valence-corrected chi connectivity index (χ1v) is 5.56. The van der Waals surface area contributed by atoms with E-state index in [-0.39, 0.29) is 6.04 Å². The minimum absolute atomic E-state index is 0.219. The highest BCUT2D eigenvalue weighted by atomic mass is 35.5. The smallest absolute Gasteiger partial charge is 0.0926 e. The second-order valence-electron chi connectivity index (χ2n) is 3.91. The predicted octanol–water partition coefficient (Wildman–Crippen LogP) is 0.668. The number of hydrogen-bond donors (Lipinski definition) is 2. The summed E-state index contributed by atoms with van der Waals surface area (Å²) < 4.78 is 3.50. The summed E-state index contributed by atoms with van der Waals surface area (Å²) in [6.45, 7) is 1.98. The van der Waals surface area contributed by atoms with Crippen molar-refractivity contribution in [2.24, 2.45) is 19.9 Å². The van der Waals surface area contributed by atoms with Crippen molar-refractivity contribution < 1.29 is 0 Å². The molecule has 2 rings (SSSR count). The van der Waals surface area contributed by atoms with Crippen LogP contribution in [-0.4, -0.2) is 19.6 Å². The molecule has 3 N–H and O–H groups in total. The van der Waals surface area contributed by atoms with Crippen LogP contribution in [0, 0.1) is 6.92 Å². The van der Waals surface area contributed by atoms with Gasteiger partial charge in [0.05, 0.1) is 29.2 Å². The topological polar surface area (TPSA) is 73.7 Å². The molecule has 0 saturated heterocycles. The zero-order valence-corrected chi connectivity index (χ0v) is 10.7. The summed E-state index contributed by atoms with van der Waals surface area (Å²) >= 11 is 6.12. The molecule has 2 aromatic rings. The molecule has 0 fully saturated rings. The van der Waals surface area contributed by atoms with E-state index in [4.69, 9.17) is 17.4 Å². The minimum atomic E-state index is -0.219. The van der Waals surface area contributed by atoms with Crippen molar-refractivity contribution in [3.05, 3.63) is 34.4 Å². The molecule has 0 aliphatic carbocycles. The van der Waals surface area contributed by atoms with Gasteiger partial charge in [-0.25, -0.2) is 5.43 Å². The van der Waals surface area contributed by atoms with Gasteiger partial charge in [-0.1, -0.05) is 11.6 Å². The maximum atomic E-state index is 6.12. The summed E-state index contributed by atoms with van der Waals surface area (Å²) in [6, 6.07) is -0.219. The van der Waals surface area contributed by atoms with Crippen molar-refractivity contribution in [3.8, 4) is 0 Å². The van der Waals surface area contributed by atoms with E-state index in [0.717, 1.165) is 17.0 Å². The Bertz CT molecular complexity index is 509. The molecule has 0 spiro atoms. The van der Waals surface area contributed by atoms with Crippen molar-refractivity contribution in [2.75, 3.05) is 0 Å². The van der Waals surface area contributed by atoms with Gasteiger partial charge in [0.1, 0.15) is 0 Å². The SMILES string of the molecule is Cc1c(C(NN)c2c(Cl)cnn2C)cnn1C. The van der Waals surface area contributed by atoms with Crippen LogP contribution in [0.4, 0.5) is 0 Å². The Hall–Kier alpha value is -1.37. The van der Waals surface area contributed by atoms with Gasteiger partial charge in [-0.3, -0.25) is 15.2 Å². The van der Waals surface area contributed by atoms with E-state index in [1.807, 2.05) is 21.0 Å². The summed E-state index contributed by atoms with van der Waals surface area (Å²) in [5, 5.41) is 8.89. The van der Waals surface area contributed by atoms with Gasteiger partial charge in [0.25, 0.3) is 0 Å². The van der Waals surface area contributed by atoms with Gasteiger partial charge < -0.3 is 0 Å². The van der Waals surface area contributed by atoms with E-state index in [2.05, 4.69) is 15.6 Å². The van der Waals surface area contributed by atoms with Crippen LogP contribution in [0.2, 0.25) is 5.02 Å². The number of halogens is 1. The van der Waals surface area contributed by atoms with E-state index >= 15 is 0 Å². The Kier molecular flexibility index (Phi) is 3.19. The lowest BCUT2D eigenvalue weighted by molar-refractivity contribution is 0.571. The highest BCUT2D eigenvalue weighted by molar-refractivity contribution is 6.31. The van der Waals surface area contributed by atoms with Crippen LogP contribution in [0.3, 0.4) is 0 Å². The lowest BCUT2D eigenvalue weighted by atomic mass is 10.1. The van der Waals surface area contributed by atoms with Gasteiger partial charge in [0.15, 0.2) is 0 Å². The molecule has 2 aromatic heterocycles. The average Bonchev–Trinajstić information content (AvgIpc) is 2.79. The molecule has 6 nitrogen and oxygen atoms in total. The van der Waals surface area contributed by atoms with Gasteiger partial charge in [0, 0.05) is 25.4 Å². The molecule has 17 heavy (non-hydrogen) atoms. The third-order valence-corrected chi connectivity index (χ3v) is 3.25. The maximum Gasteiger partial charge on any atom is 0.0926 e. The first-order chi connectivity index (χ1) is 8.06. The second-order valence-corrected chi connectivity index (χ2v) is 4.32. The first-order valence-electron chi connectivity index (χ1n) is 5.18. The van der Waals surface area contributed by atoms with Crippen molar-refractivity contribution in [1.29, 1.82) is 0 Å². The summed E-state index contributed by atoms with van der Waals surface area (Å²) in [4.78, 5) is 0. The molecule has 92 valence electrons. The van der Waals surface area contributed by atoms with E-state index in [0.29, 0.717) is 5.02 Å². The molecule has 0 aromatic carbocycles. The van der Waals surface area contributed by atoms with Gasteiger partial charge in [0.2, 0.25) is 0 Å². The number of hydrogen-bond acceptors (Lipinski definition) is 4. The molecule has 1 atom stereocenters. The number of rotatable bonds is 3. The third kappa shape index (κ3) is 1.95. The number of nitrogens with two attached hydrogens (primary N) is 1. The highest BCUT2D eigenvalue weighted by Crippen LogP contribution is 2.28. The lowest BCUT2D eigenvalue weighted by Gasteiger charge is -2.16. The Labute approximate surface area is 104 Å². The predicted molar refractivity (Wildman–Crippen MR) is 65.3 cm³/mol. The van der Waals surface area contributed by atoms with Crippen LogP contribution in [0.1, 0.15) is 23.0 Å². The normalized spacial score (nSPS) is 13.0. The fourth-order valence-electron chi connectivity index (χ4n) is 1.86. The van der Waals surface area contributed by atoms with Crippen molar-refractivity contribution in [3.63, 3.8) is 0 Å². The van der Waals surface area contributed by atoms with E-state index < -0.39 is 0 Å². The van der Waals surface area contributed by atoms with Gasteiger partial charge >= 0.3 is 0 Å². The Morgan fingerprint density at radius 3 is 2.35 bits per heavy atom. The van der Waals surface area contributed by atoms with Crippen LogP contribution in [-0.2, 0) is 14.1 Å². The fourth-order valence-corrected chi connectivity index (χ4v) is 2.14. The summed E-state index contributed by atoms with van der Waals surface area (Å²) in [5.74, 6) is 5.63. The monoisotopic (exact) mass is 254 g/mol. The number of aromatic nitrogens is 4. The minimum Gasteiger partial charge on any atom is -0.273 e. The molecule has 0 bridgehead atoms. The Balaban J connectivity index is 2.51. The second kappa shape index (κ2) is 4.48. The molecule has 0 amide bonds. The number of nitrogens with zero attached hydrogens (tertiary/aromatic N) is 4. The highest BCUT2D eigenvalue weighted by Gasteiger charge is 2.23. The van der Waals surface area contributed by atoms with Crippen LogP contribution in [0.5, 0.6) is 0 Å². The number of aryl methyl sites for hydroxylation is 2. The van der Waals surface area contributed by atoms with Gasteiger partial charge in [-0.2, -0.15) is 10.2 Å². The van der Waals surface area contributed by atoms with E-state index in [1.165, 1.54) is 0 Å². The number of nitrogens with one attached hydrogen (secondary N) is 1. The van der Waals surface area contributed by atoms with Crippen molar-refractivity contribution >= 4 is 11.6 Å². The third-order valence-electron chi connectivity index (χ3n) is 2.96. The molecule has 0 saturated carbocycles. The summed E-state index contributed by atoms with van der Waals surface area (Å²) in [6.07, 6.45) is 3.39. The maximum absolute atomic E-state index is 6.12. The van der Waals surface area contributed by atoms with Crippen molar-refractivity contribution in [2.45, 2.75) is 13.0 Å². The first kappa shape index (κ1) is 12.1. The molecular weight excluding hydrogens is 240 g/mol. The molecule has 2 heterocycles. The fraction of sp³-hybridized carbons (Fsp3) is 0.400. The average molecular weight is 255 g/mol. The molecule has 0 aliphatic rings. The summed E-state index contributed by atoms with van der Waals surface area (Å²) in [5.41, 5.74) is 5.60. The van der Waals surface area contributed by atoms with Gasteiger partial charge in [-0.15, -0.1) is 0 Å². The Morgan fingerprint density at radius 2 is 1.94 bits per heavy atom. The van der Waals surface area contributed by atoms with E-state index in [9.17, 15) is 0 Å². The van der Waals surface area contributed by atoms with E-state index in [1.54, 1.807) is 21.8 Å². The molecule has 0 aliphatic heterocycles. The van der Waals surface area contributed by atoms with Gasteiger partial charge in [-0.05, 0) is 6.92 Å². The number of hydrazine groups is 1. The van der Waals surface area contributed by atoms with Crippen LogP contribution in [0.25, 0.3) is 0 Å².